The van der Waals surface area contributed by atoms with Crippen molar-refractivity contribution in [2.75, 3.05) is 13.4 Å². The first-order valence-corrected chi connectivity index (χ1v) is 8.73. The molecular formula is C19H15ClF6O4. The molecule has 30 heavy (non-hydrogen) atoms. The Morgan fingerprint density at radius 2 is 1.33 bits per heavy atom. The molecule has 0 fully saturated rings. The van der Waals surface area contributed by atoms with Gasteiger partial charge in [0.15, 0.2) is 6.79 Å². The molecule has 11 heteroatoms. The zero-order valence-corrected chi connectivity index (χ0v) is 16.1. The van der Waals surface area contributed by atoms with Crippen molar-refractivity contribution >= 4 is 17.6 Å². The summed E-state index contributed by atoms with van der Waals surface area (Å²) in [4.78, 5) is 11.6. The largest absolute Gasteiger partial charge is 0.468 e. The Morgan fingerprint density at radius 3 is 1.77 bits per heavy atom. The lowest BCUT2D eigenvalue weighted by Crippen LogP contribution is -2.65. The van der Waals surface area contributed by atoms with Crippen molar-refractivity contribution in [1.82, 2.24) is 0 Å². The first kappa shape index (κ1) is 23.8. The van der Waals surface area contributed by atoms with E-state index in [1.165, 1.54) is 24.3 Å². The average molecular weight is 457 g/mol. The van der Waals surface area contributed by atoms with Gasteiger partial charge in [-0.15, -0.1) is 0 Å². The molecule has 0 saturated heterocycles. The molecule has 0 aromatic heterocycles. The Labute approximate surface area is 172 Å². The van der Waals surface area contributed by atoms with Gasteiger partial charge in [-0.1, -0.05) is 35.9 Å². The lowest BCUT2D eigenvalue weighted by molar-refractivity contribution is -0.376. The molecule has 0 saturated carbocycles. The number of ether oxygens (including phenoxy) is 3. The molecule has 0 bridgehead atoms. The molecule has 2 aromatic carbocycles. The Hall–Kier alpha value is -2.46. The molecule has 2 rings (SSSR count). The van der Waals surface area contributed by atoms with E-state index < -0.39 is 37.3 Å². The van der Waals surface area contributed by atoms with Gasteiger partial charge < -0.3 is 14.2 Å². The van der Waals surface area contributed by atoms with Gasteiger partial charge in [-0.2, -0.15) is 26.3 Å². The lowest BCUT2D eigenvalue weighted by atomic mass is 10.0. The number of benzene rings is 2. The molecule has 0 spiro atoms. The van der Waals surface area contributed by atoms with Crippen LogP contribution in [0.5, 0.6) is 5.75 Å². The van der Waals surface area contributed by atoms with Crippen molar-refractivity contribution < 1.29 is 45.3 Å². The van der Waals surface area contributed by atoms with Gasteiger partial charge in [0, 0.05) is 5.02 Å². The second-order valence-electron chi connectivity index (χ2n) is 5.83. The Morgan fingerprint density at radius 1 is 0.867 bits per heavy atom. The highest BCUT2D eigenvalue weighted by atomic mass is 35.5. The van der Waals surface area contributed by atoms with Crippen LogP contribution in [0, 0.1) is 0 Å². The van der Waals surface area contributed by atoms with E-state index in [1.54, 1.807) is 24.3 Å². The standard InChI is InChI=1S/C19H15ClF6O4/c1-2-28-16(27)17(18(21,22)23,19(24,25)26)30-11-29-15-9-5-13(6-10-15)12-3-7-14(20)8-4-12/h3-10H,2,11H2,1H3. The number of carbonyl (C=O) groups is 1. The molecule has 2 aromatic rings. The molecule has 0 aliphatic carbocycles. The SMILES string of the molecule is CCOC(=O)C(OCOc1ccc(-c2ccc(Cl)cc2)cc1)(C(F)(F)F)C(F)(F)F. The Balaban J connectivity index is 2.16. The molecule has 0 N–H and O–H groups in total. The Kier molecular flexibility index (Phi) is 7.25. The minimum absolute atomic E-state index is 0.0742. The van der Waals surface area contributed by atoms with Crippen molar-refractivity contribution in [3.63, 3.8) is 0 Å². The van der Waals surface area contributed by atoms with Crippen molar-refractivity contribution in [3.8, 4) is 16.9 Å². The summed E-state index contributed by atoms with van der Waals surface area (Å²) in [5.74, 6) is -2.69. The quantitative estimate of drug-likeness (QED) is 0.301. The topological polar surface area (TPSA) is 44.8 Å². The third kappa shape index (κ3) is 4.99. The van der Waals surface area contributed by atoms with E-state index in [9.17, 15) is 31.1 Å². The molecule has 0 amide bonds. The third-order valence-corrected chi connectivity index (χ3v) is 4.15. The normalized spacial score (nSPS) is 12.5. The molecule has 0 atom stereocenters. The number of hydrogen-bond acceptors (Lipinski definition) is 4. The monoisotopic (exact) mass is 456 g/mol. The van der Waals surface area contributed by atoms with E-state index in [0.717, 1.165) is 12.5 Å². The van der Waals surface area contributed by atoms with Crippen LogP contribution in [0.4, 0.5) is 26.3 Å². The second kappa shape index (κ2) is 9.13. The van der Waals surface area contributed by atoms with E-state index in [2.05, 4.69) is 9.47 Å². The maximum absolute atomic E-state index is 13.2. The molecule has 0 unspecified atom stereocenters. The van der Waals surface area contributed by atoms with Gasteiger partial charge in [0.25, 0.3) is 0 Å². The number of esters is 1. The van der Waals surface area contributed by atoms with Crippen LogP contribution in [0.2, 0.25) is 5.02 Å². The minimum Gasteiger partial charge on any atom is -0.468 e. The van der Waals surface area contributed by atoms with Crippen molar-refractivity contribution in [3.05, 3.63) is 53.6 Å². The number of halogens is 7. The van der Waals surface area contributed by atoms with Crippen LogP contribution >= 0.6 is 11.6 Å². The maximum atomic E-state index is 13.2. The summed E-state index contributed by atoms with van der Waals surface area (Å²) in [6.07, 6.45) is -12.3. The average Bonchev–Trinajstić information content (AvgIpc) is 2.64. The first-order chi connectivity index (χ1) is 13.9. The maximum Gasteiger partial charge on any atom is 0.437 e. The number of carbonyl (C=O) groups excluding carboxylic acids is 1. The van der Waals surface area contributed by atoms with Crippen LogP contribution in [-0.4, -0.2) is 37.3 Å². The fourth-order valence-corrected chi connectivity index (χ4v) is 2.55. The predicted molar refractivity (Wildman–Crippen MR) is 94.9 cm³/mol. The van der Waals surface area contributed by atoms with Crippen LogP contribution < -0.4 is 4.74 Å². The Bertz CT molecular complexity index is 833. The highest BCUT2D eigenvalue weighted by Gasteiger charge is 2.79. The van der Waals surface area contributed by atoms with Crippen LogP contribution in [-0.2, 0) is 14.3 Å². The molecule has 0 aliphatic rings. The molecular weight excluding hydrogens is 442 g/mol. The van der Waals surface area contributed by atoms with Crippen LogP contribution in [0.3, 0.4) is 0 Å². The van der Waals surface area contributed by atoms with Gasteiger partial charge >= 0.3 is 23.9 Å². The smallest absolute Gasteiger partial charge is 0.437 e. The minimum atomic E-state index is -6.13. The fourth-order valence-electron chi connectivity index (χ4n) is 2.42. The van der Waals surface area contributed by atoms with Gasteiger partial charge in [-0.25, -0.2) is 4.79 Å². The molecule has 0 aliphatic heterocycles. The number of hydrogen-bond donors (Lipinski definition) is 0. The number of alkyl halides is 6. The highest BCUT2D eigenvalue weighted by Crippen LogP contribution is 2.46. The van der Waals surface area contributed by atoms with Gasteiger partial charge in [-0.05, 0) is 42.3 Å². The first-order valence-electron chi connectivity index (χ1n) is 8.36. The molecule has 0 heterocycles. The summed E-state index contributed by atoms with van der Waals surface area (Å²) in [5.41, 5.74) is -3.69. The summed E-state index contributed by atoms with van der Waals surface area (Å²) in [5, 5.41) is 0.523. The summed E-state index contributed by atoms with van der Waals surface area (Å²) in [6, 6.07) is 12.5. The molecule has 0 radical (unpaired) electrons. The lowest BCUT2D eigenvalue weighted by Gasteiger charge is -2.34. The van der Waals surface area contributed by atoms with E-state index in [0.29, 0.717) is 10.6 Å². The summed E-state index contributed by atoms with van der Waals surface area (Å²) >= 11 is 5.80. The van der Waals surface area contributed by atoms with Gasteiger partial charge in [0.2, 0.25) is 0 Å². The number of rotatable bonds is 7. The molecule has 4 nitrogen and oxygen atoms in total. The second-order valence-corrected chi connectivity index (χ2v) is 6.27. The van der Waals surface area contributed by atoms with Crippen LogP contribution in [0.25, 0.3) is 11.1 Å². The van der Waals surface area contributed by atoms with Crippen LogP contribution in [0.15, 0.2) is 48.5 Å². The predicted octanol–water partition coefficient (Wildman–Crippen LogP) is 5.79. The summed E-state index contributed by atoms with van der Waals surface area (Å²) in [7, 11) is 0. The zero-order valence-electron chi connectivity index (χ0n) is 15.3. The summed E-state index contributed by atoms with van der Waals surface area (Å²) < 4.78 is 92.1. The van der Waals surface area contributed by atoms with E-state index in [-0.39, 0.29) is 5.75 Å². The van der Waals surface area contributed by atoms with Crippen LogP contribution in [0.1, 0.15) is 6.92 Å². The van der Waals surface area contributed by atoms with E-state index >= 15 is 0 Å². The summed E-state index contributed by atoms with van der Waals surface area (Å²) in [6.45, 7) is -1.14. The molecule has 164 valence electrons. The van der Waals surface area contributed by atoms with Gasteiger partial charge in [0.1, 0.15) is 5.75 Å². The van der Waals surface area contributed by atoms with Gasteiger partial charge in [-0.3, -0.25) is 0 Å². The van der Waals surface area contributed by atoms with E-state index in [4.69, 9.17) is 16.3 Å². The van der Waals surface area contributed by atoms with Crippen molar-refractivity contribution in [2.24, 2.45) is 0 Å². The van der Waals surface area contributed by atoms with Crippen molar-refractivity contribution in [2.45, 2.75) is 24.9 Å². The van der Waals surface area contributed by atoms with E-state index in [1.807, 2.05) is 0 Å². The zero-order chi connectivity index (χ0) is 22.6. The van der Waals surface area contributed by atoms with Crippen molar-refractivity contribution in [1.29, 1.82) is 0 Å². The highest BCUT2D eigenvalue weighted by molar-refractivity contribution is 6.30. The van der Waals surface area contributed by atoms with Gasteiger partial charge in [0.05, 0.1) is 6.61 Å². The third-order valence-electron chi connectivity index (χ3n) is 3.89. The fraction of sp³-hybridized carbons (Fsp3) is 0.316.